The van der Waals surface area contributed by atoms with Crippen LogP contribution in [0.1, 0.15) is 31.7 Å². The number of aromatic amines is 1. The molecule has 22 heavy (non-hydrogen) atoms. The summed E-state index contributed by atoms with van der Waals surface area (Å²) < 4.78 is 18.5. The van der Waals surface area contributed by atoms with Gasteiger partial charge in [-0.15, -0.1) is 0 Å². The number of benzene rings is 1. The lowest BCUT2D eigenvalue weighted by molar-refractivity contribution is 0.129. The number of unbranched alkanes of at least 4 members (excludes halogenated alkanes) is 1. The Bertz CT molecular complexity index is 539. The number of halogens is 1. The Morgan fingerprint density at radius 1 is 1.18 bits per heavy atom. The molecule has 2 rings (SSSR count). The minimum Gasteiger partial charge on any atom is -0.381 e. The molecule has 5 heteroatoms. The lowest BCUT2D eigenvalue weighted by Gasteiger charge is -2.06. The maximum absolute atomic E-state index is 13.0. The first kappa shape index (κ1) is 16.6. The van der Waals surface area contributed by atoms with Crippen LogP contribution in [0.15, 0.2) is 30.5 Å². The van der Waals surface area contributed by atoms with Crippen molar-refractivity contribution in [2.45, 2.75) is 32.7 Å². The zero-order valence-electron chi connectivity index (χ0n) is 13.1. The van der Waals surface area contributed by atoms with Crippen molar-refractivity contribution in [1.29, 1.82) is 0 Å². The van der Waals surface area contributed by atoms with Crippen LogP contribution in [0.5, 0.6) is 0 Å². The average molecular weight is 305 g/mol. The van der Waals surface area contributed by atoms with Crippen LogP contribution in [-0.4, -0.2) is 30.0 Å². The molecule has 0 fully saturated rings. The summed E-state index contributed by atoms with van der Waals surface area (Å²) >= 11 is 0. The van der Waals surface area contributed by atoms with E-state index in [1.165, 1.54) is 18.6 Å². The van der Waals surface area contributed by atoms with E-state index in [0.717, 1.165) is 56.0 Å². The first-order chi connectivity index (χ1) is 10.8. The fourth-order valence-corrected chi connectivity index (χ4v) is 2.18. The quantitative estimate of drug-likeness (QED) is 0.660. The maximum atomic E-state index is 13.0. The summed E-state index contributed by atoms with van der Waals surface area (Å²) in [5, 5.41) is 10.5. The van der Waals surface area contributed by atoms with Gasteiger partial charge in [-0.3, -0.25) is 5.10 Å². The standard InChI is InChI=1S/C17H24FN3O/c1-2-3-10-22-11-4-9-19-12-15-13-20-21-17(15)14-5-7-16(18)8-6-14/h5-8,13,19H,2-4,9-12H2,1H3,(H,20,21). The fourth-order valence-electron chi connectivity index (χ4n) is 2.18. The van der Waals surface area contributed by atoms with E-state index in [1.54, 1.807) is 12.1 Å². The fraction of sp³-hybridized carbons (Fsp3) is 0.471. The molecule has 2 N–H and O–H groups in total. The van der Waals surface area contributed by atoms with Gasteiger partial charge in [0.05, 0.1) is 11.9 Å². The van der Waals surface area contributed by atoms with Gasteiger partial charge in [-0.05, 0) is 43.7 Å². The molecule has 1 heterocycles. The number of ether oxygens (including phenoxy) is 1. The van der Waals surface area contributed by atoms with Gasteiger partial charge in [-0.2, -0.15) is 5.10 Å². The van der Waals surface area contributed by atoms with Crippen LogP contribution < -0.4 is 5.32 Å². The monoisotopic (exact) mass is 305 g/mol. The van der Waals surface area contributed by atoms with E-state index in [4.69, 9.17) is 4.74 Å². The maximum Gasteiger partial charge on any atom is 0.123 e. The number of hydrogen-bond acceptors (Lipinski definition) is 3. The van der Waals surface area contributed by atoms with Gasteiger partial charge in [0, 0.05) is 30.9 Å². The molecule has 1 aromatic carbocycles. The number of H-pyrrole nitrogens is 1. The Balaban J connectivity index is 1.73. The van der Waals surface area contributed by atoms with Crippen molar-refractivity contribution >= 4 is 0 Å². The van der Waals surface area contributed by atoms with Gasteiger partial charge in [-0.25, -0.2) is 4.39 Å². The van der Waals surface area contributed by atoms with Crippen LogP contribution in [0.3, 0.4) is 0 Å². The highest BCUT2D eigenvalue weighted by Crippen LogP contribution is 2.21. The van der Waals surface area contributed by atoms with Gasteiger partial charge in [-0.1, -0.05) is 13.3 Å². The van der Waals surface area contributed by atoms with Crippen molar-refractivity contribution in [1.82, 2.24) is 15.5 Å². The Morgan fingerprint density at radius 3 is 2.73 bits per heavy atom. The van der Waals surface area contributed by atoms with Crippen LogP contribution in [0.4, 0.5) is 4.39 Å². The molecular formula is C17H24FN3O. The van der Waals surface area contributed by atoms with Crippen LogP contribution in [0.2, 0.25) is 0 Å². The molecule has 0 unspecified atom stereocenters. The van der Waals surface area contributed by atoms with Gasteiger partial charge >= 0.3 is 0 Å². The highest BCUT2D eigenvalue weighted by molar-refractivity contribution is 5.62. The number of aromatic nitrogens is 2. The summed E-state index contributed by atoms with van der Waals surface area (Å²) in [5.74, 6) is -0.231. The van der Waals surface area contributed by atoms with Gasteiger partial charge in [0.1, 0.15) is 5.82 Å². The normalized spacial score (nSPS) is 11.0. The predicted octanol–water partition coefficient (Wildman–Crippen LogP) is 3.51. The van der Waals surface area contributed by atoms with E-state index in [0.29, 0.717) is 0 Å². The van der Waals surface area contributed by atoms with E-state index in [-0.39, 0.29) is 5.82 Å². The average Bonchev–Trinajstić information content (AvgIpc) is 2.99. The molecule has 0 bridgehead atoms. The first-order valence-electron chi connectivity index (χ1n) is 7.88. The Labute approximate surface area is 131 Å². The smallest absolute Gasteiger partial charge is 0.123 e. The molecule has 0 spiro atoms. The van der Waals surface area contributed by atoms with Crippen LogP contribution in [0.25, 0.3) is 11.3 Å². The minimum absolute atomic E-state index is 0.231. The summed E-state index contributed by atoms with van der Waals surface area (Å²) in [5.41, 5.74) is 2.96. The van der Waals surface area contributed by atoms with Gasteiger partial charge in [0.25, 0.3) is 0 Å². The van der Waals surface area contributed by atoms with Crippen molar-refractivity contribution in [2.75, 3.05) is 19.8 Å². The van der Waals surface area contributed by atoms with E-state index < -0.39 is 0 Å². The molecule has 0 amide bonds. The topological polar surface area (TPSA) is 49.9 Å². The van der Waals surface area contributed by atoms with Crippen molar-refractivity contribution in [3.8, 4) is 11.3 Å². The molecule has 120 valence electrons. The third kappa shape index (κ3) is 5.24. The summed E-state index contributed by atoms with van der Waals surface area (Å²) in [6.07, 6.45) is 5.10. The zero-order chi connectivity index (χ0) is 15.6. The molecule has 0 aliphatic heterocycles. The Hall–Kier alpha value is -1.72. The number of hydrogen-bond donors (Lipinski definition) is 2. The third-order valence-corrected chi connectivity index (χ3v) is 3.45. The zero-order valence-corrected chi connectivity index (χ0v) is 13.1. The first-order valence-corrected chi connectivity index (χ1v) is 7.88. The van der Waals surface area contributed by atoms with Crippen molar-refractivity contribution in [3.63, 3.8) is 0 Å². The van der Waals surface area contributed by atoms with Crippen LogP contribution in [-0.2, 0) is 11.3 Å². The van der Waals surface area contributed by atoms with E-state index in [2.05, 4.69) is 22.4 Å². The van der Waals surface area contributed by atoms with Crippen molar-refractivity contribution in [3.05, 3.63) is 41.8 Å². The third-order valence-electron chi connectivity index (χ3n) is 3.45. The molecule has 0 aliphatic rings. The molecule has 1 aromatic heterocycles. The van der Waals surface area contributed by atoms with Crippen molar-refractivity contribution in [2.24, 2.45) is 0 Å². The minimum atomic E-state index is -0.231. The highest BCUT2D eigenvalue weighted by Gasteiger charge is 2.07. The second kappa shape index (κ2) is 9.33. The summed E-state index contributed by atoms with van der Waals surface area (Å²) in [7, 11) is 0. The number of nitrogens with zero attached hydrogens (tertiary/aromatic N) is 1. The number of rotatable bonds is 10. The molecule has 2 aromatic rings. The lowest BCUT2D eigenvalue weighted by Crippen LogP contribution is -2.16. The molecule has 0 aliphatic carbocycles. The van der Waals surface area contributed by atoms with E-state index >= 15 is 0 Å². The molecular weight excluding hydrogens is 281 g/mol. The Morgan fingerprint density at radius 2 is 1.95 bits per heavy atom. The highest BCUT2D eigenvalue weighted by atomic mass is 19.1. The largest absolute Gasteiger partial charge is 0.381 e. The lowest BCUT2D eigenvalue weighted by atomic mass is 10.1. The van der Waals surface area contributed by atoms with Gasteiger partial charge in [0.15, 0.2) is 0 Å². The van der Waals surface area contributed by atoms with Gasteiger partial charge < -0.3 is 10.1 Å². The molecule has 0 atom stereocenters. The molecule has 0 radical (unpaired) electrons. The molecule has 0 saturated heterocycles. The van der Waals surface area contributed by atoms with Crippen molar-refractivity contribution < 1.29 is 9.13 Å². The SMILES string of the molecule is CCCCOCCCNCc1cn[nH]c1-c1ccc(F)cc1. The second-order valence-electron chi connectivity index (χ2n) is 5.27. The second-order valence-corrected chi connectivity index (χ2v) is 5.27. The number of nitrogens with one attached hydrogen (secondary N) is 2. The summed E-state index contributed by atoms with van der Waals surface area (Å²) in [6.45, 7) is 5.45. The molecule has 4 nitrogen and oxygen atoms in total. The van der Waals surface area contributed by atoms with Crippen LogP contribution in [0, 0.1) is 5.82 Å². The van der Waals surface area contributed by atoms with Crippen LogP contribution >= 0.6 is 0 Å². The Kier molecular flexibility index (Phi) is 7.06. The molecule has 0 saturated carbocycles. The van der Waals surface area contributed by atoms with Gasteiger partial charge in [0.2, 0.25) is 0 Å². The summed E-state index contributed by atoms with van der Waals surface area (Å²) in [4.78, 5) is 0. The summed E-state index contributed by atoms with van der Waals surface area (Å²) in [6, 6.07) is 6.43. The predicted molar refractivity (Wildman–Crippen MR) is 86.0 cm³/mol. The van der Waals surface area contributed by atoms with E-state index in [1.807, 2.05) is 6.20 Å². The van der Waals surface area contributed by atoms with E-state index in [9.17, 15) is 4.39 Å².